The van der Waals surface area contributed by atoms with Gasteiger partial charge in [-0.15, -0.1) is 12.6 Å². The van der Waals surface area contributed by atoms with E-state index in [-0.39, 0.29) is 0 Å². The summed E-state index contributed by atoms with van der Waals surface area (Å²) in [4.78, 5) is 12.5. The highest BCUT2D eigenvalue weighted by atomic mass is 32.1. The number of nitrogens with one attached hydrogen (secondary N) is 1. The van der Waals surface area contributed by atoms with E-state index in [9.17, 15) is 4.79 Å². The summed E-state index contributed by atoms with van der Waals surface area (Å²) in [7, 11) is 0. The number of amides is 1. The highest BCUT2D eigenvalue weighted by Gasteiger charge is 2.16. The van der Waals surface area contributed by atoms with Crippen molar-refractivity contribution >= 4 is 24.4 Å². The average molecular weight is 282 g/mol. The lowest BCUT2D eigenvalue weighted by Crippen LogP contribution is -2.32. The summed E-state index contributed by atoms with van der Waals surface area (Å²) in [5, 5.41) is 2.72. The van der Waals surface area contributed by atoms with Crippen molar-refractivity contribution in [2.75, 3.05) is 5.73 Å². The number of ether oxygens (including phenoxy) is 1. The number of benzene rings is 1. The molecule has 3 N–H and O–H groups in total. The van der Waals surface area contributed by atoms with Gasteiger partial charge in [0, 0.05) is 17.1 Å². The fourth-order valence-electron chi connectivity index (χ4n) is 1.64. The van der Waals surface area contributed by atoms with E-state index in [1.807, 2.05) is 40.7 Å². The summed E-state index contributed by atoms with van der Waals surface area (Å²) < 4.78 is 5.18. The van der Waals surface area contributed by atoms with Crippen molar-refractivity contribution in [2.24, 2.45) is 0 Å². The summed E-state index contributed by atoms with van der Waals surface area (Å²) in [6.45, 7) is 9.74. The van der Waals surface area contributed by atoms with Crippen LogP contribution in [0.5, 0.6) is 0 Å². The van der Waals surface area contributed by atoms with Crippen LogP contribution in [0.25, 0.3) is 0 Å². The maximum Gasteiger partial charge on any atom is 0.407 e. The van der Waals surface area contributed by atoms with Crippen LogP contribution in [0.3, 0.4) is 0 Å². The molecule has 0 atom stereocenters. The van der Waals surface area contributed by atoms with Gasteiger partial charge in [0.25, 0.3) is 0 Å². The SMILES string of the molecule is Cc1c(N)cc(CNC(=O)OC(C)(C)C)c(C)c1S. The predicted octanol–water partition coefficient (Wildman–Crippen LogP) is 3.20. The van der Waals surface area contributed by atoms with Crippen molar-refractivity contribution in [1.29, 1.82) is 0 Å². The number of nitrogen functional groups attached to an aromatic ring is 1. The third kappa shape index (κ3) is 4.35. The van der Waals surface area contributed by atoms with Crippen molar-refractivity contribution in [2.45, 2.75) is 51.7 Å². The van der Waals surface area contributed by atoms with Crippen molar-refractivity contribution in [3.05, 3.63) is 22.8 Å². The maximum atomic E-state index is 11.6. The molecule has 4 nitrogen and oxygen atoms in total. The van der Waals surface area contributed by atoms with Crippen LogP contribution in [-0.4, -0.2) is 11.7 Å². The zero-order chi connectivity index (χ0) is 14.8. The zero-order valence-corrected chi connectivity index (χ0v) is 13.0. The van der Waals surface area contributed by atoms with Crippen molar-refractivity contribution in [1.82, 2.24) is 5.32 Å². The summed E-state index contributed by atoms with van der Waals surface area (Å²) in [6.07, 6.45) is -0.438. The molecule has 0 bridgehead atoms. The molecule has 0 saturated carbocycles. The fourth-order valence-corrected chi connectivity index (χ4v) is 1.91. The van der Waals surface area contributed by atoms with Gasteiger partial charge in [0.05, 0.1) is 0 Å². The Kier molecular flexibility index (Phi) is 4.74. The summed E-state index contributed by atoms with van der Waals surface area (Å²) in [6, 6.07) is 1.86. The normalized spacial score (nSPS) is 11.3. The number of thiol groups is 1. The Labute approximate surface area is 120 Å². The third-order valence-corrected chi connectivity index (χ3v) is 3.45. The quantitative estimate of drug-likeness (QED) is 0.576. The van der Waals surface area contributed by atoms with E-state index in [4.69, 9.17) is 10.5 Å². The van der Waals surface area contributed by atoms with Crippen LogP contribution in [0, 0.1) is 13.8 Å². The molecule has 0 aliphatic heterocycles. The molecule has 0 aromatic heterocycles. The predicted molar refractivity (Wildman–Crippen MR) is 80.7 cm³/mol. The van der Waals surface area contributed by atoms with Gasteiger partial charge < -0.3 is 15.8 Å². The van der Waals surface area contributed by atoms with Gasteiger partial charge in [0.1, 0.15) is 5.60 Å². The minimum absolute atomic E-state index is 0.374. The lowest BCUT2D eigenvalue weighted by molar-refractivity contribution is 0.0523. The molecule has 0 aliphatic carbocycles. The molecule has 1 amide bonds. The van der Waals surface area contributed by atoms with E-state index in [2.05, 4.69) is 17.9 Å². The van der Waals surface area contributed by atoms with E-state index >= 15 is 0 Å². The van der Waals surface area contributed by atoms with Gasteiger partial charge in [-0.3, -0.25) is 0 Å². The Morgan fingerprint density at radius 1 is 1.37 bits per heavy atom. The molecule has 1 rings (SSSR count). The van der Waals surface area contributed by atoms with Gasteiger partial charge in [-0.05, 0) is 57.4 Å². The van der Waals surface area contributed by atoms with Crippen molar-refractivity contribution in [3.63, 3.8) is 0 Å². The number of nitrogens with two attached hydrogens (primary N) is 1. The van der Waals surface area contributed by atoms with E-state index in [0.29, 0.717) is 12.2 Å². The Morgan fingerprint density at radius 2 is 1.95 bits per heavy atom. The van der Waals surface area contributed by atoms with Crippen LogP contribution in [0.1, 0.15) is 37.5 Å². The molecule has 19 heavy (non-hydrogen) atoms. The van der Waals surface area contributed by atoms with Crippen LogP contribution >= 0.6 is 12.6 Å². The number of hydrogen-bond acceptors (Lipinski definition) is 4. The van der Waals surface area contributed by atoms with Gasteiger partial charge in [-0.25, -0.2) is 4.79 Å². The van der Waals surface area contributed by atoms with Gasteiger partial charge in [-0.1, -0.05) is 0 Å². The van der Waals surface area contributed by atoms with Crippen LogP contribution in [0.2, 0.25) is 0 Å². The van der Waals surface area contributed by atoms with Gasteiger partial charge in [-0.2, -0.15) is 0 Å². The molecule has 0 heterocycles. The van der Waals surface area contributed by atoms with E-state index in [1.54, 1.807) is 0 Å². The molecule has 0 unspecified atom stereocenters. The number of hydrogen-bond donors (Lipinski definition) is 3. The van der Waals surface area contributed by atoms with Gasteiger partial charge in [0.2, 0.25) is 0 Å². The van der Waals surface area contributed by atoms with Crippen LogP contribution in [-0.2, 0) is 11.3 Å². The topological polar surface area (TPSA) is 64.3 Å². The fraction of sp³-hybridized carbons (Fsp3) is 0.500. The second-order valence-corrected chi connectivity index (χ2v) is 6.03. The van der Waals surface area contributed by atoms with E-state index in [1.165, 1.54) is 0 Å². The van der Waals surface area contributed by atoms with Crippen molar-refractivity contribution in [3.8, 4) is 0 Å². The first kappa shape index (κ1) is 15.7. The second-order valence-electron chi connectivity index (χ2n) is 5.58. The molecule has 1 aromatic rings. The zero-order valence-electron chi connectivity index (χ0n) is 12.1. The first-order chi connectivity index (χ1) is 8.61. The average Bonchev–Trinajstić information content (AvgIpc) is 2.27. The lowest BCUT2D eigenvalue weighted by atomic mass is 10.0. The Balaban J connectivity index is 2.77. The molecular weight excluding hydrogens is 260 g/mol. The third-order valence-electron chi connectivity index (χ3n) is 2.78. The molecule has 0 fully saturated rings. The molecule has 0 radical (unpaired) electrons. The molecule has 106 valence electrons. The first-order valence-corrected chi connectivity index (χ1v) is 6.61. The van der Waals surface area contributed by atoms with Crippen LogP contribution in [0.15, 0.2) is 11.0 Å². The van der Waals surface area contributed by atoms with Crippen molar-refractivity contribution < 1.29 is 9.53 Å². The molecule has 0 saturated heterocycles. The highest BCUT2D eigenvalue weighted by molar-refractivity contribution is 7.80. The summed E-state index contributed by atoms with van der Waals surface area (Å²) in [5.74, 6) is 0. The second kappa shape index (κ2) is 5.74. The smallest absolute Gasteiger partial charge is 0.407 e. The monoisotopic (exact) mass is 282 g/mol. The summed E-state index contributed by atoms with van der Waals surface area (Å²) in [5.41, 5.74) is 9.01. The molecule has 1 aromatic carbocycles. The largest absolute Gasteiger partial charge is 0.444 e. The Bertz CT molecular complexity index is 493. The van der Waals surface area contributed by atoms with Crippen LogP contribution in [0.4, 0.5) is 10.5 Å². The molecule has 5 heteroatoms. The Hall–Kier alpha value is -1.36. The first-order valence-electron chi connectivity index (χ1n) is 6.16. The number of alkyl carbamates (subject to hydrolysis) is 1. The Morgan fingerprint density at radius 3 is 2.47 bits per heavy atom. The minimum Gasteiger partial charge on any atom is -0.444 e. The van der Waals surface area contributed by atoms with E-state index in [0.717, 1.165) is 21.6 Å². The molecule has 0 aliphatic rings. The van der Waals surface area contributed by atoms with Gasteiger partial charge in [0.15, 0.2) is 0 Å². The molecular formula is C14H22N2O2S. The van der Waals surface area contributed by atoms with Gasteiger partial charge >= 0.3 is 6.09 Å². The van der Waals surface area contributed by atoms with E-state index < -0.39 is 11.7 Å². The minimum atomic E-state index is -0.500. The number of carbonyl (C=O) groups excluding carboxylic acids is 1. The number of rotatable bonds is 2. The standard InChI is InChI=1S/C14H22N2O2S/c1-8-10(6-11(15)9(2)12(8)19)7-16-13(17)18-14(3,4)5/h6,19H,7,15H2,1-5H3,(H,16,17). The highest BCUT2D eigenvalue weighted by Crippen LogP contribution is 2.27. The lowest BCUT2D eigenvalue weighted by Gasteiger charge is -2.20. The number of carbonyl (C=O) groups is 1. The number of anilines is 1. The molecule has 0 spiro atoms. The summed E-state index contributed by atoms with van der Waals surface area (Å²) >= 11 is 4.44. The maximum absolute atomic E-state index is 11.6. The van der Waals surface area contributed by atoms with Crippen LogP contribution < -0.4 is 11.1 Å².